The molecule has 0 aromatic carbocycles. The summed E-state index contributed by atoms with van der Waals surface area (Å²) in [5.74, 6) is 1.21. The summed E-state index contributed by atoms with van der Waals surface area (Å²) in [5, 5.41) is 0. The lowest BCUT2D eigenvalue weighted by Gasteiger charge is -2.35. The Morgan fingerprint density at radius 2 is 1.87 bits per heavy atom. The third kappa shape index (κ3) is 4.84. The van der Waals surface area contributed by atoms with Gasteiger partial charge in [0.1, 0.15) is 6.61 Å². The standard InChI is InChI=1S/C10H18F3NO/c11-10(12,13)7-15-5-1-2-8-3-4-9(8)6-14/h8-9H,1-7,14H2. The quantitative estimate of drug-likeness (QED) is 0.704. The maximum absolute atomic E-state index is 11.7. The van der Waals surface area contributed by atoms with Crippen LogP contribution in [-0.2, 0) is 4.74 Å². The van der Waals surface area contributed by atoms with Gasteiger partial charge in [-0.1, -0.05) is 0 Å². The van der Waals surface area contributed by atoms with E-state index < -0.39 is 12.8 Å². The Kier molecular flexibility index (Phi) is 4.86. The molecular formula is C10H18F3NO. The number of hydrogen-bond acceptors (Lipinski definition) is 2. The van der Waals surface area contributed by atoms with Crippen LogP contribution in [0.15, 0.2) is 0 Å². The van der Waals surface area contributed by atoms with Gasteiger partial charge in [0.25, 0.3) is 0 Å². The van der Waals surface area contributed by atoms with Crippen LogP contribution in [0.1, 0.15) is 25.7 Å². The molecule has 0 spiro atoms. The van der Waals surface area contributed by atoms with Crippen LogP contribution in [-0.4, -0.2) is 25.9 Å². The molecule has 15 heavy (non-hydrogen) atoms. The van der Waals surface area contributed by atoms with Gasteiger partial charge in [0.15, 0.2) is 0 Å². The van der Waals surface area contributed by atoms with E-state index in [2.05, 4.69) is 4.74 Å². The molecule has 0 amide bonds. The first-order valence-electron chi connectivity index (χ1n) is 5.37. The summed E-state index contributed by atoms with van der Waals surface area (Å²) in [6, 6.07) is 0. The van der Waals surface area contributed by atoms with E-state index in [1.807, 2.05) is 0 Å². The summed E-state index contributed by atoms with van der Waals surface area (Å²) in [6.07, 6.45) is -0.209. The molecule has 0 heterocycles. The molecule has 2 unspecified atom stereocenters. The van der Waals surface area contributed by atoms with E-state index in [9.17, 15) is 13.2 Å². The number of alkyl halides is 3. The summed E-state index contributed by atoms with van der Waals surface area (Å²) < 4.78 is 39.6. The first kappa shape index (κ1) is 12.8. The van der Waals surface area contributed by atoms with E-state index in [0.29, 0.717) is 24.8 Å². The molecule has 2 nitrogen and oxygen atoms in total. The predicted molar refractivity (Wildman–Crippen MR) is 51.4 cm³/mol. The fraction of sp³-hybridized carbons (Fsp3) is 1.00. The van der Waals surface area contributed by atoms with Crippen LogP contribution in [0.4, 0.5) is 13.2 Å². The first-order valence-corrected chi connectivity index (χ1v) is 5.37. The molecule has 0 bridgehead atoms. The zero-order chi connectivity index (χ0) is 11.3. The van der Waals surface area contributed by atoms with E-state index in [4.69, 9.17) is 5.73 Å². The minimum atomic E-state index is -4.20. The summed E-state index contributed by atoms with van der Waals surface area (Å²) in [4.78, 5) is 0. The fourth-order valence-corrected chi connectivity index (χ4v) is 1.96. The van der Waals surface area contributed by atoms with Gasteiger partial charge in [0, 0.05) is 6.61 Å². The Morgan fingerprint density at radius 3 is 2.33 bits per heavy atom. The van der Waals surface area contributed by atoms with E-state index in [0.717, 1.165) is 6.42 Å². The number of hydrogen-bond donors (Lipinski definition) is 1. The zero-order valence-electron chi connectivity index (χ0n) is 8.72. The third-order valence-corrected chi connectivity index (χ3v) is 3.01. The average Bonchev–Trinajstić information content (AvgIpc) is 2.08. The molecule has 2 N–H and O–H groups in total. The maximum atomic E-state index is 11.7. The molecule has 0 aromatic heterocycles. The maximum Gasteiger partial charge on any atom is 0.411 e. The van der Waals surface area contributed by atoms with Crippen LogP contribution in [0.5, 0.6) is 0 Å². The predicted octanol–water partition coefficient (Wildman–Crippen LogP) is 2.33. The van der Waals surface area contributed by atoms with Gasteiger partial charge in [0.05, 0.1) is 0 Å². The second-order valence-corrected chi connectivity index (χ2v) is 4.14. The van der Waals surface area contributed by atoms with Crippen LogP contribution in [0.2, 0.25) is 0 Å². The minimum absolute atomic E-state index is 0.202. The van der Waals surface area contributed by atoms with Crippen molar-refractivity contribution in [2.75, 3.05) is 19.8 Å². The monoisotopic (exact) mass is 225 g/mol. The summed E-state index contributed by atoms with van der Waals surface area (Å²) in [6.45, 7) is -0.223. The van der Waals surface area contributed by atoms with E-state index >= 15 is 0 Å². The molecule has 0 radical (unpaired) electrons. The topological polar surface area (TPSA) is 35.2 Å². The summed E-state index contributed by atoms with van der Waals surface area (Å²) in [5.41, 5.74) is 5.53. The molecule has 0 saturated heterocycles. The normalized spacial score (nSPS) is 26.4. The number of rotatable bonds is 6. The average molecular weight is 225 g/mol. The van der Waals surface area contributed by atoms with Crippen molar-refractivity contribution < 1.29 is 17.9 Å². The van der Waals surface area contributed by atoms with Gasteiger partial charge in [0.2, 0.25) is 0 Å². The van der Waals surface area contributed by atoms with Crippen molar-refractivity contribution in [3.8, 4) is 0 Å². The van der Waals surface area contributed by atoms with Crippen molar-refractivity contribution in [1.82, 2.24) is 0 Å². The van der Waals surface area contributed by atoms with E-state index in [1.165, 1.54) is 12.8 Å². The molecule has 0 aliphatic heterocycles. The Morgan fingerprint density at radius 1 is 1.20 bits per heavy atom. The molecule has 1 fully saturated rings. The highest BCUT2D eigenvalue weighted by molar-refractivity contribution is 4.80. The number of nitrogens with two attached hydrogens (primary N) is 1. The minimum Gasteiger partial charge on any atom is -0.372 e. The van der Waals surface area contributed by atoms with E-state index in [-0.39, 0.29) is 6.61 Å². The Bertz CT molecular complexity index is 182. The Labute approximate surface area is 88.0 Å². The van der Waals surface area contributed by atoms with Gasteiger partial charge in [-0.2, -0.15) is 13.2 Å². The summed E-state index contributed by atoms with van der Waals surface area (Å²) >= 11 is 0. The second kappa shape index (κ2) is 5.70. The van der Waals surface area contributed by atoms with E-state index in [1.54, 1.807) is 0 Å². The van der Waals surface area contributed by atoms with Gasteiger partial charge in [-0.05, 0) is 44.1 Å². The Balaban J connectivity index is 1.93. The Hall–Kier alpha value is -0.290. The molecule has 0 aromatic rings. The van der Waals surface area contributed by atoms with Crippen molar-refractivity contribution >= 4 is 0 Å². The highest BCUT2D eigenvalue weighted by atomic mass is 19.4. The van der Waals surface area contributed by atoms with Gasteiger partial charge < -0.3 is 10.5 Å². The molecule has 1 rings (SSSR count). The molecule has 2 atom stereocenters. The second-order valence-electron chi connectivity index (χ2n) is 4.14. The largest absolute Gasteiger partial charge is 0.411 e. The number of ether oxygens (including phenoxy) is 1. The molecule has 1 aliphatic rings. The molecule has 1 aliphatic carbocycles. The zero-order valence-corrected chi connectivity index (χ0v) is 8.72. The summed E-state index contributed by atoms with van der Waals surface area (Å²) in [7, 11) is 0. The third-order valence-electron chi connectivity index (χ3n) is 3.01. The SMILES string of the molecule is NCC1CCC1CCCOCC(F)(F)F. The van der Waals surface area contributed by atoms with Gasteiger partial charge in [-0.25, -0.2) is 0 Å². The lowest BCUT2D eigenvalue weighted by Crippen LogP contribution is -2.32. The first-order chi connectivity index (χ1) is 7.03. The van der Waals surface area contributed by atoms with Crippen molar-refractivity contribution in [1.29, 1.82) is 0 Å². The van der Waals surface area contributed by atoms with Crippen LogP contribution in [0.3, 0.4) is 0 Å². The van der Waals surface area contributed by atoms with Crippen molar-refractivity contribution in [3.63, 3.8) is 0 Å². The van der Waals surface area contributed by atoms with Crippen LogP contribution in [0.25, 0.3) is 0 Å². The molecular weight excluding hydrogens is 207 g/mol. The van der Waals surface area contributed by atoms with Crippen molar-refractivity contribution in [3.05, 3.63) is 0 Å². The molecule has 1 saturated carbocycles. The molecule has 5 heteroatoms. The smallest absolute Gasteiger partial charge is 0.372 e. The van der Waals surface area contributed by atoms with Crippen LogP contribution < -0.4 is 5.73 Å². The lowest BCUT2D eigenvalue weighted by molar-refractivity contribution is -0.174. The van der Waals surface area contributed by atoms with Gasteiger partial charge >= 0.3 is 6.18 Å². The fourth-order valence-electron chi connectivity index (χ4n) is 1.96. The number of halogens is 3. The van der Waals surface area contributed by atoms with Crippen LogP contribution in [0, 0.1) is 11.8 Å². The van der Waals surface area contributed by atoms with Crippen molar-refractivity contribution in [2.45, 2.75) is 31.9 Å². The van der Waals surface area contributed by atoms with Gasteiger partial charge in [-0.15, -0.1) is 0 Å². The highest BCUT2D eigenvalue weighted by Crippen LogP contribution is 2.36. The van der Waals surface area contributed by atoms with Crippen LogP contribution >= 0.6 is 0 Å². The van der Waals surface area contributed by atoms with Gasteiger partial charge in [-0.3, -0.25) is 0 Å². The lowest BCUT2D eigenvalue weighted by atomic mass is 9.71. The highest BCUT2D eigenvalue weighted by Gasteiger charge is 2.29. The van der Waals surface area contributed by atoms with Crippen molar-refractivity contribution in [2.24, 2.45) is 17.6 Å². The molecule has 90 valence electrons.